The van der Waals surface area contributed by atoms with Gasteiger partial charge in [-0.15, -0.1) is 11.3 Å². The standard InChI is InChI=1S/C9H9N3O2S/c1-5-10-4-7(15-5)8-6(9(13)14)3-11-12(8)2/h3-4H,1-2H3,(H,13,14). The van der Waals surface area contributed by atoms with Crippen molar-refractivity contribution in [2.45, 2.75) is 6.92 Å². The molecule has 15 heavy (non-hydrogen) atoms. The van der Waals surface area contributed by atoms with Crippen LogP contribution in [0.15, 0.2) is 12.4 Å². The number of carboxylic acids is 1. The van der Waals surface area contributed by atoms with Crippen LogP contribution in [-0.4, -0.2) is 25.8 Å². The highest BCUT2D eigenvalue weighted by Gasteiger charge is 2.18. The maximum absolute atomic E-state index is 10.9. The normalized spacial score (nSPS) is 10.5. The Kier molecular flexibility index (Phi) is 2.28. The van der Waals surface area contributed by atoms with Gasteiger partial charge in [0.1, 0.15) is 5.56 Å². The van der Waals surface area contributed by atoms with Gasteiger partial charge in [-0.05, 0) is 6.92 Å². The molecule has 0 aliphatic carbocycles. The first-order valence-electron chi connectivity index (χ1n) is 4.27. The molecule has 0 unspecified atom stereocenters. The highest BCUT2D eigenvalue weighted by Crippen LogP contribution is 2.28. The number of hydrogen-bond acceptors (Lipinski definition) is 4. The van der Waals surface area contributed by atoms with Crippen molar-refractivity contribution >= 4 is 17.3 Å². The molecule has 2 rings (SSSR count). The van der Waals surface area contributed by atoms with Crippen LogP contribution in [0.1, 0.15) is 15.4 Å². The summed E-state index contributed by atoms with van der Waals surface area (Å²) in [6, 6.07) is 0. The molecule has 0 fully saturated rings. The van der Waals surface area contributed by atoms with Gasteiger partial charge in [0.25, 0.3) is 0 Å². The summed E-state index contributed by atoms with van der Waals surface area (Å²) >= 11 is 1.46. The third-order valence-corrected chi connectivity index (χ3v) is 2.94. The van der Waals surface area contributed by atoms with Gasteiger partial charge in [-0.3, -0.25) is 4.68 Å². The van der Waals surface area contributed by atoms with Crippen LogP contribution in [0.25, 0.3) is 10.6 Å². The Morgan fingerprint density at radius 3 is 2.80 bits per heavy atom. The third-order valence-electron chi connectivity index (χ3n) is 2.02. The van der Waals surface area contributed by atoms with Crippen LogP contribution in [0.5, 0.6) is 0 Å². The molecule has 0 aromatic carbocycles. The maximum atomic E-state index is 10.9. The van der Waals surface area contributed by atoms with E-state index in [0.717, 1.165) is 9.88 Å². The summed E-state index contributed by atoms with van der Waals surface area (Å²) in [5, 5.41) is 13.8. The zero-order valence-electron chi connectivity index (χ0n) is 8.26. The average Bonchev–Trinajstić information content (AvgIpc) is 2.71. The van der Waals surface area contributed by atoms with Gasteiger partial charge in [-0.2, -0.15) is 5.10 Å². The highest BCUT2D eigenvalue weighted by atomic mass is 32.1. The Bertz CT molecular complexity index is 515. The summed E-state index contributed by atoms with van der Waals surface area (Å²) < 4.78 is 1.55. The van der Waals surface area contributed by atoms with Crippen molar-refractivity contribution in [2.75, 3.05) is 0 Å². The molecule has 0 bridgehead atoms. The molecule has 0 spiro atoms. The van der Waals surface area contributed by atoms with Gasteiger partial charge in [0.2, 0.25) is 0 Å². The first-order chi connectivity index (χ1) is 7.09. The Labute approximate surface area is 90.0 Å². The van der Waals surface area contributed by atoms with Crippen LogP contribution < -0.4 is 0 Å². The van der Waals surface area contributed by atoms with Crippen molar-refractivity contribution in [3.05, 3.63) is 23.0 Å². The lowest BCUT2D eigenvalue weighted by molar-refractivity contribution is 0.0697. The van der Waals surface area contributed by atoms with E-state index in [2.05, 4.69) is 10.1 Å². The van der Waals surface area contributed by atoms with Crippen molar-refractivity contribution in [3.63, 3.8) is 0 Å². The molecule has 78 valence electrons. The quantitative estimate of drug-likeness (QED) is 0.838. The fourth-order valence-electron chi connectivity index (χ4n) is 1.36. The van der Waals surface area contributed by atoms with Crippen LogP contribution in [-0.2, 0) is 7.05 Å². The van der Waals surface area contributed by atoms with E-state index in [4.69, 9.17) is 5.11 Å². The smallest absolute Gasteiger partial charge is 0.339 e. The molecular weight excluding hydrogens is 214 g/mol. The molecule has 1 N–H and O–H groups in total. The van der Waals surface area contributed by atoms with Crippen molar-refractivity contribution in [2.24, 2.45) is 7.05 Å². The van der Waals surface area contributed by atoms with Gasteiger partial charge < -0.3 is 5.11 Å². The predicted molar refractivity (Wildman–Crippen MR) is 56.0 cm³/mol. The van der Waals surface area contributed by atoms with E-state index in [9.17, 15) is 4.79 Å². The van der Waals surface area contributed by atoms with Crippen molar-refractivity contribution in [1.29, 1.82) is 0 Å². The number of thiazole rings is 1. The van der Waals surface area contributed by atoms with E-state index >= 15 is 0 Å². The van der Waals surface area contributed by atoms with E-state index < -0.39 is 5.97 Å². The first kappa shape index (κ1) is 9.85. The summed E-state index contributed by atoms with van der Waals surface area (Å²) in [5.41, 5.74) is 0.814. The van der Waals surface area contributed by atoms with Crippen LogP contribution >= 0.6 is 11.3 Å². The summed E-state index contributed by atoms with van der Waals surface area (Å²) in [4.78, 5) is 15.9. The molecule has 2 aromatic rings. The van der Waals surface area contributed by atoms with Gasteiger partial charge in [0.05, 0.1) is 21.8 Å². The number of aromatic nitrogens is 3. The molecule has 5 nitrogen and oxygen atoms in total. The minimum atomic E-state index is -0.968. The topological polar surface area (TPSA) is 68.0 Å². The summed E-state index contributed by atoms with van der Waals surface area (Å²) in [6.45, 7) is 1.88. The van der Waals surface area contributed by atoms with E-state index in [1.54, 1.807) is 17.9 Å². The molecule has 0 amide bonds. The van der Waals surface area contributed by atoms with Gasteiger partial charge in [-0.25, -0.2) is 9.78 Å². The summed E-state index contributed by atoms with van der Waals surface area (Å²) in [6.07, 6.45) is 3.02. The number of aryl methyl sites for hydroxylation is 2. The van der Waals surface area contributed by atoms with E-state index in [0.29, 0.717) is 5.69 Å². The number of rotatable bonds is 2. The van der Waals surface area contributed by atoms with Gasteiger partial charge in [0, 0.05) is 13.2 Å². The largest absolute Gasteiger partial charge is 0.478 e. The van der Waals surface area contributed by atoms with Crippen LogP contribution in [0, 0.1) is 6.92 Å². The molecule has 0 atom stereocenters. The van der Waals surface area contributed by atoms with Gasteiger partial charge >= 0.3 is 5.97 Å². The Balaban J connectivity index is 2.60. The van der Waals surface area contributed by atoms with E-state index in [1.807, 2.05) is 6.92 Å². The second kappa shape index (κ2) is 3.47. The molecular formula is C9H9N3O2S. The molecule has 0 aliphatic heterocycles. The zero-order chi connectivity index (χ0) is 11.0. The Morgan fingerprint density at radius 1 is 1.53 bits per heavy atom. The molecule has 6 heteroatoms. The molecule has 0 aliphatic rings. The monoisotopic (exact) mass is 223 g/mol. The minimum Gasteiger partial charge on any atom is -0.478 e. The van der Waals surface area contributed by atoms with Crippen molar-refractivity contribution in [1.82, 2.24) is 14.8 Å². The van der Waals surface area contributed by atoms with Crippen LogP contribution in [0.3, 0.4) is 0 Å². The minimum absolute atomic E-state index is 0.209. The zero-order valence-corrected chi connectivity index (χ0v) is 9.08. The second-order valence-corrected chi connectivity index (χ2v) is 4.31. The average molecular weight is 223 g/mol. The van der Waals surface area contributed by atoms with Crippen LogP contribution in [0.2, 0.25) is 0 Å². The number of carboxylic acid groups (broad SMARTS) is 1. The van der Waals surface area contributed by atoms with Crippen molar-refractivity contribution < 1.29 is 9.90 Å². The maximum Gasteiger partial charge on any atom is 0.339 e. The Hall–Kier alpha value is -1.69. The van der Waals surface area contributed by atoms with Gasteiger partial charge in [-0.1, -0.05) is 0 Å². The second-order valence-electron chi connectivity index (χ2n) is 3.08. The molecule has 0 saturated carbocycles. The fraction of sp³-hybridized carbons (Fsp3) is 0.222. The lowest BCUT2D eigenvalue weighted by Gasteiger charge is -1.98. The molecule has 2 heterocycles. The highest BCUT2D eigenvalue weighted by molar-refractivity contribution is 7.15. The third kappa shape index (κ3) is 1.63. The number of nitrogens with zero attached hydrogens (tertiary/aromatic N) is 3. The van der Waals surface area contributed by atoms with Gasteiger partial charge in [0.15, 0.2) is 0 Å². The first-order valence-corrected chi connectivity index (χ1v) is 5.09. The van der Waals surface area contributed by atoms with E-state index in [-0.39, 0.29) is 5.56 Å². The molecule has 2 aromatic heterocycles. The lowest BCUT2D eigenvalue weighted by Crippen LogP contribution is -1.99. The molecule has 0 saturated heterocycles. The Morgan fingerprint density at radius 2 is 2.27 bits per heavy atom. The SMILES string of the molecule is Cc1ncc(-c2c(C(=O)O)cnn2C)s1. The fourth-order valence-corrected chi connectivity index (χ4v) is 2.22. The number of aromatic carboxylic acids is 1. The number of hydrogen-bond donors (Lipinski definition) is 1. The lowest BCUT2D eigenvalue weighted by atomic mass is 10.2. The predicted octanol–water partition coefficient (Wildman–Crippen LogP) is 1.55. The molecule has 0 radical (unpaired) electrons. The summed E-state index contributed by atoms with van der Waals surface area (Å²) in [5.74, 6) is -0.968. The van der Waals surface area contributed by atoms with Crippen LogP contribution in [0.4, 0.5) is 0 Å². The summed E-state index contributed by atoms with van der Waals surface area (Å²) in [7, 11) is 1.72. The van der Waals surface area contributed by atoms with Crippen molar-refractivity contribution in [3.8, 4) is 10.6 Å². The number of carbonyl (C=O) groups is 1. The van der Waals surface area contributed by atoms with E-state index in [1.165, 1.54) is 17.5 Å².